The van der Waals surface area contributed by atoms with E-state index in [0.717, 1.165) is 10.4 Å². The molecule has 0 aliphatic rings. The fourth-order valence-corrected chi connectivity index (χ4v) is 2.23. The number of hydrazone groups is 1. The van der Waals surface area contributed by atoms with E-state index >= 15 is 0 Å². The van der Waals surface area contributed by atoms with Crippen LogP contribution in [0.2, 0.25) is 0 Å². The third-order valence-electron chi connectivity index (χ3n) is 2.56. The maximum absolute atomic E-state index is 5.75. The van der Waals surface area contributed by atoms with Gasteiger partial charge in [-0.05, 0) is 29.6 Å². The largest absolute Gasteiger partial charge is 0.493 e. The number of nitrogens with one attached hydrogen (secondary N) is 1. The van der Waals surface area contributed by atoms with Crippen molar-refractivity contribution in [2.45, 2.75) is 6.61 Å². The lowest BCUT2D eigenvalue weighted by molar-refractivity contribution is -0.456. The standard InChI is InChI=1S/C14H16N4O2S/c1-19-13-7-10(8-17-18-14(15)16)4-5-12(13)20-9-11-3-2-6-21-11/h2-8H,9H2,1H3,(H4,15,16,18)/p+1/b17-8+. The van der Waals surface area contributed by atoms with Gasteiger partial charge in [0.1, 0.15) is 6.61 Å². The van der Waals surface area contributed by atoms with Crippen LogP contribution in [0.25, 0.3) is 0 Å². The molecule has 0 saturated carbocycles. The molecular weight excluding hydrogens is 288 g/mol. The van der Waals surface area contributed by atoms with Crippen LogP contribution in [0.4, 0.5) is 0 Å². The van der Waals surface area contributed by atoms with E-state index in [9.17, 15) is 0 Å². The minimum Gasteiger partial charge on any atom is -0.493 e. The van der Waals surface area contributed by atoms with Gasteiger partial charge in [0.15, 0.2) is 11.5 Å². The number of nitrogens with zero attached hydrogens (tertiary/aromatic N) is 1. The summed E-state index contributed by atoms with van der Waals surface area (Å²) in [7, 11) is 1.60. The molecule has 7 heteroatoms. The molecule has 2 rings (SSSR count). The molecule has 0 fully saturated rings. The molecule has 0 saturated heterocycles. The van der Waals surface area contributed by atoms with Crippen LogP contribution in [0.1, 0.15) is 10.4 Å². The highest BCUT2D eigenvalue weighted by atomic mass is 32.1. The summed E-state index contributed by atoms with van der Waals surface area (Å²) in [6.45, 7) is 0.517. The van der Waals surface area contributed by atoms with E-state index in [4.69, 9.17) is 20.9 Å². The van der Waals surface area contributed by atoms with Gasteiger partial charge >= 0.3 is 0 Å². The summed E-state index contributed by atoms with van der Waals surface area (Å²) in [5.74, 6) is 1.30. The summed E-state index contributed by atoms with van der Waals surface area (Å²) >= 11 is 1.65. The first-order valence-corrected chi connectivity index (χ1v) is 7.07. The second-order valence-electron chi connectivity index (χ2n) is 4.09. The minimum atomic E-state index is -0.0332. The van der Waals surface area contributed by atoms with Crippen LogP contribution in [-0.2, 0) is 6.61 Å². The van der Waals surface area contributed by atoms with Crippen molar-refractivity contribution in [3.63, 3.8) is 0 Å². The van der Waals surface area contributed by atoms with Gasteiger partial charge in [-0.3, -0.25) is 0 Å². The van der Waals surface area contributed by atoms with Gasteiger partial charge in [-0.1, -0.05) is 6.07 Å². The number of thiophene rings is 1. The molecule has 1 aromatic heterocycles. The number of hydrogen-bond acceptors (Lipinski definition) is 4. The Morgan fingerprint density at radius 2 is 2.19 bits per heavy atom. The van der Waals surface area contributed by atoms with Crippen LogP contribution < -0.4 is 26.0 Å². The van der Waals surface area contributed by atoms with Gasteiger partial charge in [-0.15, -0.1) is 16.4 Å². The molecule has 2 aromatic rings. The molecule has 0 aliphatic carbocycles. The van der Waals surface area contributed by atoms with Crippen LogP contribution in [0.5, 0.6) is 11.5 Å². The second-order valence-corrected chi connectivity index (χ2v) is 5.12. The Morgan fingerprint density at radius 3 is 2.86 bits per heavy atom. The number of benzene rings is 1. The third-order valence-corrected chi connectivity index (χ3v) is 3.41. The fraction of sp³-hybridized carbons (Fsp3) is 0.143. The zero-order valence-corrected chi connectivity index (χ0v) is 12.4. The third kappa shape index (κ3) is 4.50. The molecule has 5 N–H and O–H groups in total. The van der Waals surface area contributed by atoms with Crippen molar-refractivity contribution in [3.05, 3.63) is 46.2 Å². The van der Waals surface area contributed by atoms with Crippen LogP contribution in [0.15, 0.2) is 40.8 Å². The monoisotopic (exact) mass is 305 g/mol. The molecule has 0 atom stereocenters. The van der Waals surface area contributed by atoms with Crippen molar-refractivity contribution in [1.29, 1.82) is 0 Å². The van der Waals surface area contributed by atoms with Crippen molar-refractivity contribution in [3.8, 4) is 11.5 Å². The molecular formula is C14H17N4O2S+. The first-order chi connectivity index (χ1) is 10.2. The quantitative estimate of drug-likeness (QED) is 0.398. The maximum atomic E-state index is 5.75. The smallest absolute Gasteiger partial charge is 0.256 e. The zero-order chi connectivity index (χ0) is 15.1. The molecule has 0 aliphatic heterocycles. The van der Waals surface area contributed by atoms with E-state index in [0.29, 0.717) is 18.1 Å². The predicted molar refractivity (Wildman–Crippen MR) is 83.6 cm³/mol. The Morgan fingerprint density at radius 1 is 1.33 bits per heavy atom. The highest BCUT2D eigenvalue weighted by Crippen LogP contribution is 2.28. The number of methoxy groups -OCH3 is 1. The molecule has 0 radical (unpaired) electrons. The predicted octanol–water partition coefficient (Wildman–Crippen LogP) is 0.0236. The molecule has 0 amide bonds. The Kier molecular flexibility index (Phi) is 5.16. The van der Waals surface area contributed by atoms with E-state index in [2.05, 4.69) is 10.2 Å². The normalized spacial score (nSPS) is 10.5. The molecule has 110 valence electrons. The molecule has 0 spiro atoms. The topological polar surface area (TPSA) is 96.8 Å². The van der Waals surface area contributed by atoms with Gasteiger partial charge in [-0.2, -0.15) is 0 Å². The van der Waals surface area contributed by atoms with Crippen molar-refractivity contribution >= 4 is 23.5 Å². The molecule has 0 bridgehead atoms. The Hall–Kier alpha value is -2.54. The highest BCUT2D eigenvalue weighted by Gasteiger charge is 2.07. The number of hydrogen-bond donors (Lipinski definition) is 3. The van der Waals surface area contributed by atoms with Crippen LogP contribution in [0, 0.1) is 0 Å². The van der Waals surface area contributed by atoms with Gasteiger partial charge in [-0.25, -0.2) is 0 Å². The molecule has 1 aromatic carbocycles. The Labute approximate surface area is 126 Å². The Balaban J connectivity index is 2.08. The average molecular weight is 305 g/mol. The molecule has 21 heavy (non-hydrogen) atoms. The van der Waals surface area contributed by atoms with E-state index in [1.165, 1.54) is 0 Å². The van der Waals surface area contributed by atoms with Crippen molar-refractivity contribution in [2.75, 3.05) is 7.11 Å². The van der Waals surface area contributed by atoms with Gasteiger partial charge in [0.05, 0.1) is 7.11 Å². The van der Waals surface area contributed by atoms with Crippen molar-refractivity contribution in [1.82, 2.24) is 0 Å². The lowest BCUT2D eigenvalue weighted by Gasteiger charge is -2.09. The fourth-order valence-electron chi connectivity index (χ4n) is 1.62. The van der Waals surface area contributed by atoms with Crippen LogP contribution in [0.3, 0.4) is 0 Å². The van der Waals surface area contributed by atoms with E-state index in [1.54, 1.807) is 24.7 Å². The molecule has 1 heterocycles. The summed E-state index contributed by atoms with van der Waals surface area (Å²) in [5.41, 5.74) is 11.3. The minimum absolute atomic E-state index is 0.0332. The molecule has 6 nitrogen and oxygen atoms in total. The van der Waals surface area contributed by atoms with E-state index in [1.807, 2.05) is 35.7 Å². The number of nitrogens with two attached hydrogens (primary N) is 2. The number of rotatable bonds is 6. The summed E-state index contributed by atoms with van der Waals surface area (Å²) in [5, 5.41) is 8.33. The lowest BCUT2D eigenvalue weighted by Crippen LogP contribution is -2.63. The highest BCUT2D eigenvalue weighted by molar-refractivity contribution is 7.09. The van der Waals surface area contributed by atoms with Crippen molar-refractivity contribution in [2.24, 2.45) is 16.6 Å². The Bertz CT molecular complexity index is 634. The SMILES string of the molecule is COc1cc(/C=[NH+]/N=C(N)N)ccc1OCc1cccs1. The zero-order valence-electron chi connectivity index (χ0n) is 11.6. The van der Waals surface area contributed by atoms with E-state index < -0.39 is 0 Å². The average Bonchev–Trinajstić information content (AvgIpc) is 2.98. The lowest BCUT2D eigenvalue weighted by atomic mass is 10.2. The number of guanidine groups is 1. The first kappa shape index (κ1) is 14.9. The van der Waals surface area contributed by atoms with Gasteiger partial charge in [0.25, 0.3) is 5.96 Å². The van der Waals surface area contributed by atoms with Crippen LogP contribution in [-0.4, -0.2) is 19.3 Å². The van der Waals surface area contributed by atoms with Gasteiger partial charge in [0.2, 0.25) is 6.21 Å². The second kappa shape index (κ2) is 7.30. The first-order valence-electron chi connectivity index (χ1n) is 6.19. The number of ether oxygens (including phenoxy) is 2. The van der Waals surface area contributed by atoms with Gasteiger partial charge < -0.3 is 20.9 Å². The molecule has 0 unspecified atom stereocenters. The van der Waals surface area contributed by atoms with E-state index in [-0.39, 0.29) is 5.96 Å². The summed E-state index contributed by atoms with van der Waals surface area (Å²) in [4.78, 5) is 1.15. The summed E-state index contributed by atoms with van der Waals surface area (Å²) in [6, 6.07) is 9.57. The maximum Gasteiger partial charge on any atom is 0.256 e. The van der Waals surface area contributed by atoms with Crippen LogP contribution >= 0.6 is 11.3 Å². The summed E-state index contributed by atoms with van der Waals surface area (Å²) in [6.07, 6.45) is 1.66. The van der Waals surface area contributed by atoms with Crippen molar-refractivity contribution < 1.29 is 14.6 Å². The summed E-state index contributed by atoms with van der Waals surface area (Å²) < 4.78 is 11.1. The van der Waals surface area contributed by atoms with Gasteiger partial charge in [0, 0.05) is 15.5 Å².